The number of cyclic esters (lactones) is 1. The number of hydrogen-bond acceptors (Lipinski definition) is 4. The lowest BCUT2D eigenvalue weighted by molar-refractivity contribution is 0.0518. The minimum absolute atomic E-state index is 0.129. The number of anilines is 1. The molecule has 2 fully saturated rings. The molecule has 4 rings (SSSR count). The lowest BCUT2D eigenvalue weighted by Gasteiger charge is -2.33. The second kappa shape index (κ2) is 8.33. The monoisotopic (exact) mass is 380 g/mol. The molecule has 2 aliphatic heterocycles. The number of nitrogens with zero attached hydrogens (tertiary/aromatic N) is 2. The van der Waals surface area contributed by atoms with Crippen LogP contribution in [-0.4, -0.2) is 42.8 Å². The Morgan fingerprint density at radius 2 is 1.64 bits per heavy atom. The fourth-order valence-electron chi connectivity index (χ4n) is 3.81. The molecule has 146 valence electrons. The van der Waals surface area contributed by atoms with Crippen LogP contribution in [0.15, 0.2) is 60.7 Å². The minimum atomic E-state index is -0.291. The third-order valence-electron chi connectivity index (χ3n) is 5.43. The van der Waals surface area contributed by atoms with Crippen molar-refractivity contribution < 1.29 is 19.1 Å². The summed E-state index contributed by atoms with van der Waals surface area (Å²) in [6.07, 6.45) is 0.912. The molecule has 0 saturated carbocycles. The molecule has 2 amide bonds. The van der Waals surface area contributed by atoms with Gasteiger partial charge in [-0.3, -0.25) is 4.90 Å². The van der Waals surface area contributed by atoms with Crippen LogP contribution in [0, 0.1) is 5.92 Å². The maximum atomic E-state index is 12.3. The third kappa shape index (κ3) is 4.11. The summed E-state index contributed by atoms with van der Waals surface area (Å²) in [4.78, 5) is 28.0. The maximum absolute atomic E-state index is 12.3. The highest BCUT2D eigenvalue weighted by molar-refractivity contribution is 5.89. The maximum Gasteiger partial charge on any atom is 0.414 e. The lowest BCUT2D eigenvalue weighted by atomic mass is 9.91. The molecule has 6 heteroatoms. The fourth-order valence-corrected chi connectivity index (χ4v) is 3.81. The Morgan fingerprint density at radius 3 is 2.32 bits per heavy atom. The van der Waals surface area contributed by atoms with Crippen molar-refractivity contribution in [3.05, 3.63) is 66.2 Å². The average Bonchev–Trinajstić information content (AvgIpc) is 3.15. The standard InChI is InChI=1S/C22H24N2O4/c25-21(27-16-17-7-3-1-4-8-17)23-13-11-18(12-14-23)20-15-24(22(26)28-20)19-9-5-2-6-10-19/h1-10,18,20H,11-16H2/t20-/m0/s1. The van der Waals surface area contributed by atoms with Crippen LogP contribution in [0.25, 0.3) is 0 Å². The van der Waals surface area contributed by atoms with Crippen molar-refractivity contribution in [1.29, 1.82) is 0 Å². The summed E-state index contributed by atoms with van der Waals surface area (Å²) in [5, 5.41) is 0. The SMILES string of the molecule is O=C(OCc1ccccc1)N1CCC([C@@H]2CN(c3ccccc3)C(=O)O2)CC1. The zero-order chi connectivity index (χ0) is 19.3. The van der Waals surface area contributed by atoms with Gasteiger partial charge in [0.05, 0.1) is 6.54 Å². The number of likely N-dealkylation sites (tertiary alicyclic amines) is 1. The number of hydrogen-bond donors (Lipinski definition) is 0. The van der Waals surface area contributed by atoms with Gasteiger partial charge in [0.1, 0.15) is 12.7 Å². The summed E-state index contributed by atoms with van der Waals surface area (Å²) in [7, 11) is 0. The number of carbonyl (C=O) groups is 2. The summed E-state index contributed by atoms with van der Waals surface area (Å²) >= 11 is 0. The van der Waals surface area contributed by atoms with Gasteiger partial charge in [-0.25, -0.2) is 9.59 Å². The summed E-state index contributed by atoms with van der Waals surface area (Å²) in [5.74, 6) is 0.260. The minimum Gasteiger partial charge on any atom is -0.445 e. The molecule has 6 nitrogen and oxygen atoms in total. The van der Waals surface area contributed by atoms with Gasteiger partial charge in [0.15, 0.2) is 0 Å². The second-order valence-electron chi connectivity index (χ2n) is 7.23. The highest BCUT2D eigenvalue weighted by Gasteiger charge is 2.39. The van der Waals surface area contributed by atoms with E-state index < -0.39 is 0 Å². The first-order valence-electron chi connectivity index (χ1n) is 9.69. The van der Waals surface area contributed by atoms with Crippen LogP contribution >= 0.6 is 0 Å². The van der Waals surface area contributed by atoms with Crippen LogP contribution in [0.1, 0.15) is 18.4 Å². The zero-order valence-corrected chi connectivity index (χ0v) is 15.7. The van der Waals surface area contributed by atoms with Gasteiger partial charge >= 0.3 is 12.2 Å². The van der Waals surface area contributed by atoms with Crippen molar-refractivity contribution in [3.63, 3.8) is 0 Å². The molecule has 0 unspecified atom stereocenters. The topological polar surface area (TPSA) is 59.1 Å². The number of para-hydroxylation sites is 1. The predicted molar refractivity (Wildman–Crippen MR) is 105 cm³/mol. The van der Waals surface area contributed by atoms with Gasteiger partial charge < -0.3 is 14.4 Å². The molecule has 0 aromatic heterocycles. The number of rotatable bonds is 4. The average molecular weight is 380 g/mol. The first-order chi connectivity index (χ1) is 13.7. The Bertz CT molecular complexity index is 804. The highest BCUT2D eigenvalue weighted by atomic mass is 16.6. The molecule has 2 saturated heterocycles. The van der Waals surface area contributed by atoms with Gasteiger partial charge in [-0.1, -0.05) is 48.5 Å². The summed E-state index contributed by atoms with van der Waals surface area (Å²) in [6, 6.07) is 19.2. The van der Waals surface area contributed by atoms with Crippen molar-refractivity contribution in [2.24, 2.45) is 5.92 Å². The molecule has 2 aromatic carbocycles. The van der Waals surface area contributed by atoms with Crippen LogP contribution in [0.5, 0.6) is 0 Å². The molecule has 0 aliphatic carbocycles. The Kier molecular flexibility index (Phi) is 5.46. The molecule has 0 spiro atoms. The Balaban J connectivity index is 1.26. The summed E-state index contributed by atoms with van der Waals surface area (Å²) in [5.41, 5.74) is 1.83. The lowest BCUT2D eigenvalue weighted by Crippen LogP contribution is -2.42. The zero-order valence-electron chi connectivity index (χ0n) is 15.7. The van der Waals surface area contributed by atoms with Gasteiger partial charge in [-0.05, 0) is 30.5 Å². The van der Waals surface area contributed by atoms with E-state index in [1.54, 1.807) is 9.80 Å². The van der Waals surface area contributed by atoms with Gasteiger partial charge in [-0.2, -0.15) is 0 Å². The van der Waals surface area contributed by atoms with E-state index in [1.807, 2.05) is 60.7 Å². The van der Waals surface area contributed by atoms with Gasteiger partial charge in [0.2, 0.25) is 0 Å². The largest absolute Gasteiger partial charge is 0.445 e. The second-order valence-corrected chi connectivity index (χ2v) is 7.23. The normalized spacial score (nSPS) is 20.1. The van der Waals surface area contributed by atoms with Crippen molar-refractivity contribution >= 4 is 17.9 Å². The molecule has 2 aliphatic rings. The van der Waals surface area contributed by atoms with E-state index in [0.29, 0.717) is 19.6 Å². The Morgan fingerprint density at radius 1 is 1.00 bits per heavy atom. The molecular formula is C22H24N2O4. The molecule has 2 heterocycles. The molecule has 0 radical (unpaired) electrons. The number of amides is 2. The number of piperidine rings is 1. The molecule has 0 bridgehead atoms. The van der Waals surface area contributed by atoms with Crippen molar-refractivity contribution in [2.75, 3.05) is 24.5 Å². The van der Waals surface area contributed by atoms with Crippen LogP contribution in [0.3, 0.4) is 0 Å². The Hall–Kier alpha value is -3.02. The van der Waals surface area contributed by atoms with Gasteiger partial charge in [-0.15, -0.1) is 0 Å². The smallest absolute Gasteiger partial charge is 0.414 e. The molecule has 2 aromatic rings. The number of benzene rings is 2. The van der Waals surface area contributed by atoms with Crippen LogP contribution in [-0.2, 0) is 16.1 Å². The molecule has 28 heavy (non-hydrogen) atoms. The van der Waals surface area contributed by atoms with Gasteiger partial charge in [0.25, 0.3) is 0 Å². The number of ether oxygens (including phenoxy) is 2. The van der Waals surface area contributed by atoms with E-state index in [2.05, 4.69) is 0 Å². The van der Waals surface area contributed by atoms with Gasteiger partial charge in [0, 0.05) is 24.7 Å². The summed E-state index contributed by atoms with van der Waals surface area (Å²) in [6.45, 7) is 2.09. The van der Waals surface area contributed by atoms with Crippen LogP contribution < -0.4 is 4.90 Å². The van der Waals surface area contributed by atoms with Crippen LogP contribution in [0.4, 0.5) is 15.3 Å². The first kappa shape index (κ1) is 18.3. The van der Waals surface area contributed by atoms with E-state index in [9.17, 15) is 9.59 Å². The molecule has 0 N–H and O–H groups in total. The van der Waals surface area contributed by atoms with E-state index >= 15 is 0 Å². The van der Waals surface area contributed by atoms with Crippen molar-refractivity contribution in [2.45, 2.75) is 25.6 Å². The first-order valence-corrected chi connectivity index (χ1v) is 9.69. The fraction of sp³-hybridized carbons (Fsp3) is 0.364. The quantitative estimate of drug-likeness (QED) is 0.803. The van der Waals surface area contributed by atoms with E-state index in [0.717, 1.165) is 24.1 Å². The summed E-state index contributed by atoms with van der Waals surface area (Å²) < 4.78 is 11.0. The van der Waals surface area contributed by atoms with Crippen molar-refractivity contribution in [3.8, 4) is 0 Å². The van der Waals surface area contributed by atoms with Crippen molar-refractivity contribution in [1.82, 2.24) is 4.90 Å². The predicted octanol–water partition coefficient (Wildman–Crippen LogP) is 4.06. The molecule has 1 atom stereocenters. The third-order valence-corrected chi connectivity index (χ3v) is 5.43. The number of carbonyl (C=O) groups excluding carboxylic acids is 2. The van der Waals surface area contributed by atoms with E-state index in [-0.39, 0.29) is 30.8 Å². The molecular weight excluding hydrogens is 356 g/mol. The Labute approximate surface area is 164 Å². The highest BCUT2D eigenvalue weighted by Crippen LogP contribution is 2.30. The van der Waals surface area contributed by atoms with Crippen LogP contribution in [0.2, 0.25) is 0 Å². The van der Waals surface area contributed by atoms with E-state index in [1.165, 1.54) is 0 Å². The van der Waals surface area contributed by atoms with E-state index in [4.69, 9.17) is 9.47 Å².